The molecular formula is C25H25ClF3N7O3S. The molecule has 2 fully saturated rings. The van der Waals surface area contributed by atoms with Gasteiger partial charge < -0.3 is 15.1 Å². The van der Waals surface area contributed by atoms with Crippen LogP contribution in [-0.2, 0) is 22.6 Å². The summed E-state index contributed by atoms with van der Waals surface area (Å²) in [5, 5.41) is 7.20. The lowest BCUT2D eigenvalue weighted by atomic mass is 10.2. The fourth-order valence-electron chi connectivity index (χ4n) is 5.13. The SMILES string of the molecule is O=C(c1cnn(C2CNC2)c1)N1CCc2cc(S(=O)(=O)N3CCN(c4cc(C(F)(F)F)cc(Cl)n4)CC3)ccc21. The molecule has 0 unspecified atom stereocenters. The molecule has 212 valence electrons. The molecular weight excluding hydrogens is 571 g/mol. The molecule has 0 bridgehead atoms. The van der Waals surface area contributed by atoms with E-state index in [0.29, 0.717) is 24.2 Å². The molecule has 0 spiro atoms. The van der Waals surface area contributed by atoms with E-state index in [-0.39, 0.29) is 54.0 Å². The van der Waals surface area contributed by atoms with Crippen molar-refractivity contribution in [3.63, 3.8) is 0 Å². The number of fused-ring (bicyclic) bond motifs is 1. The molecule has 1 N–H and O–H groups in total. The number of anilines is 2. The van der Waals surface area contributed by atoms with E-state index in [1.807, 2.05) is 0 Å². The smallest absolute Gasteiger partial charge is 0.354 e. The number of halogens is 4. The zero-order chi connectivity index (χ0) is 28.2. The number of aromatic nitrogens is 3. The summed E-state index contributed by atoms with van der Waals surface area (Å²) in [4.78, 5) is 20.5. The fourth-order valence-corrected chi connectivity index (χ4v) is 6.81. The Morgan fingerprint density at radius 3 is 2.48 bits per heavy atom. The first kappa shape index (κ1) is 27.0. The summed E-state index contributed by atoms with van der Waals surface area (Å²) >= 11 is 5.81. The second kappa shape index (κ2) is 10.0. The number of piperazine rings is 1. The highest BCUT2D eigenvalue weighted by Gasteiger charge is 2.35. The maximum Gasteiger partial charge on any atom is 0.416 e. The zero-order valence-electron chi connectivity index (χ0n) is 21.1. The highest BCUT2D eigenvalue weighted by Crippen LogP contribution is 2.35. The Hall–Kier alpha value is -3.20. The Balaban J connectivity index is 1.15. The van der Waals surface area contributed by atoms with Crippen molar-refractivity contribution in [1.82, 2.24) is 24.4 Å². The van der Waals surface area contributed by atoms with E-state index in [1.165, 1.54) is 10.4 Å². The van der Waals surface area contributed by atoms with Gasteiger partial charge in [-0.3, -0.25) is 9.48 Å². The van der Waals surface area contributed by atoms with Crippen LogP contribution in [0.5, 0.6) is 0 Å². The minimum atomic E-state index is -4.57. The first-order valence-electron chi connectivity index (χ1n) is 12.7. The molecule has 3 aliphatic rings. The van der Waals surface area contributed by atoms with E-state index in [2.05, 4.69) is 15.4 Å². The Morgan fingerprint density at radius 1 is 1.05 bits per heavy atom. The molecule has 3 aromatic rings. The van der Waals surface area contributed by atoms with Crippen molar-refractivity contribution in [3.8, 4) is 0 Å². The van der Waals surface area contributed by atoms with E-state index >= 15 is 0 Å². The van der Waals surface area contributed by atoms with Gasteiger partial charge in [-0.1, -0.05) is 11.6 Å². The predicted octanol–water partition coefficient (Wildman–Crippen LogP) is 2.81. The summed E-state index contributed by atoms with van der Waals surface area (Å²) in [6.45, 7) is 2.50. The molecule has 5 heterocycles. The van der Waals surface area contributed by atoms with Gasteiger partial charge in [0.1, 0.15) is 11.0 Å². The number of alkyl halides is 3. The molecule has 6 rings (SSSR count). The topological polar surface area (TPSA) is 104 Å². The van der Waals surface area contributed by atoms with Crippen LogP contribution in [0.25, 0.3) is 0 Å². The summed E-state index contributed by atoms with van der Waals surface area (Å²) in [6, 6.07) is 6.65. The zero-order valence-corrected chi connectivity index (χ0v) is 22.7. The van der Waals surface area contributed by atoms with Crippen LogP contribution in [0.3, 0.4) is 0 Å². The molecule has 10 nitrogen and oxygen atoms in total. The van der Waals surface area contributed by atoms with E-state index < -0.39 is 21.8 Å². The Kier molecular flexibility index (Phi) is 6.76. The summed E-state index contributed by atoms with van der Waals surface area (Å²) in [7, 11) is -3.86. The number of hydrogen-bond donors (Lipinski definition) is 1. The summed E-state index contributed by atoms with van der Waals surface area (Å²) in [5.74, 6) is -0.138. The second-order valence-electron chi connectivity index (χ2n) is 9.94. The van der Waals surface area contributed by atoms with Crippen molar-refractivity contribution in [3.05, 3.63) is 64.6 Å². The number of rotatable bonds is 5. The minimum absolute atomic E-state index is 0.0501. The van der Waals surface area contributed by atoms with Gasteiger partial charge in [-0.2, -0.15) is 22.6 Å². The fraction of sp³-hybridized carbons (Fsp3) is 0.400. The molecule has 2 saturated heterocycles. The quantitative estimate of drug-likeness (QED) is 0.453. The van der Waals surface area contributed by atoms with Crippen LogP contribution in [0.2, 0.25) is 5.15 Å². The van der Waals surface area contributed by atoms with E-state index in [0.717, 1.165) is 30.8 Å². The van der Waals surface area contributed by atoms with Gasteiger partial charge in [0.05, 0.1) is 28.3 Å². The van der Waals surface area contributed by atoms with Crippen LogP contribution in [0.4, 0.5) is 24.7 Å². The summed E-state index contributed by atoms with van der Waals surface area (Å²) < 4.78 is 69.5. The lowest BCUT2D eigenvalue weighted by molar-refractivity contribution is -0.137. The van der Waals surface area contributed by atoms with Crippen LogP contribution in [-0.4, -0.2) is 79.2 Å². The number of benzene rings is 1. The third kappa shape index (κ3) is 4.93. The predicted molar refractivity (Wildman–Crippen MR) is 141 cm³/mol. The van der Waals surface area contributed by atoms with E-state index in [4.69, 9.17) is 11.6 Å². The molecule has 1 aromatic carbocycles. The van der Waals surface area contributed by atoms with Crippen molar-refractivity contribution in [2.24, 2.45) is 0 Å². The van der Waals surface area contributed by atoms with Crippen molar-refractivity contribution in [2.45, 2.75) is 23.5 Å². The van der Waals surface area contributed by atoms with Gasteiger partial charge in [0.2, 0.25) is 10.0 Å². The standard InChI is InChI=1S/C25H25ClF3N7O3S/c26-22-10-18(25(27,28)29)11-23(32-22)33-5-7-34(8-6-33)40(38,39)20-1-2-21-16(9-20)3-4-35(21)24(37)17-12-31-36(15-17)19-13-30-14-19/h1-2,9-12,15,19,30H,3-8,13-14H2. The van der Waals surface area contributed by atoms with Gasteiger partial charge in [0.25, 0.3) is 5.91 Å². The molecule has 40 heavy (non-hydrogen) atoms. The number of sulfonamides is 1. The number of carbonyl (C=O) groups is 1. The third-order valence-electron chi connectivity index (χ3n) is 7.48. The van der Waals surface area contributed by atoms with Crippen molar-refractivity contribution >= 4 is 39.0 Å². The third-order valence-corrected chi connectivity index (χ3v) is 9.57. The van der Waals surface area contributed by atoms with Crippen LogP contribution < -0.4 is 15.1 Å². The van der Waals surface area contributed by atoms with Crippen molar-refractivity contribution in [2.75, 3.05) is 55.6 Å². The lowest BCUT2D eigenvalue weighted by Crippen LogP contribution is -2.49. The Bertz CT molecular complexity index is 1570. The molecule has 0 aliphatic carbocycles. The molecule has 15 heteroatoms. The van der Waals surface area contributed by atoms with Crippen LogP contribution in [0.1, 0.15) is 27.5 Å². The minimum Gasteiger partial charge on any atom is -0.354 e. The summed E-state index contributed by atoms with van der Waals surface area (Å²) in [6.07, 6.45) is -0.760. The molecule has 1 amide bonds. The number of hydrogen-bond acceptors (Lipinski definition) is 7. The first-order valence-corrected chi connectivity index (χ1v) is 14.5. The molecule has 0 atom stereocenters. The Morgan fingerprint density at radius 2 is 1.80 bits per heavy atom. The number of pyridine rings is 1. The normalized spacial score (nSPS) is 18.6. The van der Waals surface area contributed by atoms with Crippen molar-refractivity contribution in [1.29, 1.82) is 0 Å². The Labute approximate surface area is 233 Å². The van der Waals surface area contributed by atoms with Gasteiger partial charge in [-0.05, 0) is 42.3 Å². The number of nitrogens with zero attached hydrogens (tertiary/aromatic N) is 6. The van der Waals surface area contributed by atoms with Gasteiger partial charge in [-0.25, -0.2) is 13.4 Å². The van der Waals surface area contributed by atoms with Crippen LogP contribution in [0.15, 0.2) is 47.6 Å². The maximum atomic E-state index is 13.4. The van der Waals surface area contributed by atoms with Crippen molar-refractivity contribution < 1.29 is 26.4 Å². The second-order valence-corrected chi connectivity index (χ2v) is 12.3. The van der Waals surface area contributed by atoms with Gasteiger partial charge >= 0.3 is 6.18 Å². The number of nitrogens with one attached hydrogen (secondary N) is 1. The largest absolute Gasteiger partial charge is 0.416 e. The first-order chi connectivity index (χ1) is 19.0. The molecule has 0 saturated carbocycles. The number of carbonyl (C=O) groups excluding carboxylic acids is 1. The monoisotopic (exact) mass is 595 g/mol. The van der Waals surface area contributed by atoms with E-state index in [1.54, 1.807) is 39.0 Å². The van der Waals surface area contributed by atoms with Gasteiger partial charge in [-0.15, -0.1) is 0 Å². The molecule has 2 aromatic heterocycles. The lowest BCUT2D eigenvalue weighted by Gasteiger charge is -2.35. The molecule has 0 radical (unpaired) electrons. The van der Waals surface area contributed by atoms with Crippen LogP contribution in [0, 0.1) is 0 Å². The van der Waals surface area contributed by atoms with Gasteiger partial charge in [0.15, 0.2) is 0 Å². The average Bonchev–Trinajstić information content (AvgIpc) is 3.54. The average molecular weight is 596 g/mol. The van der Waals surface area contributed by atoms with Crippen LogP contribution >= 0.6 is 11.6 Å². The highest BCUT2D eigenvalue weighted by molar-refractivity contribution is 7.89. The number of amides is 1. The molecule has 3 aliphatic heterocycles. The maximum absolute atomic E-state index is 13.4. The van der Waals surface area contributed by atoms with E-state index in [9.17, 15) is 26.4 Å². The summed E-state index contributed by atoms with van der Waals surface area (Å²) in [5.41, 5.74) is 0.990. The van der Waals surface area contributed by atoms with Gasteiger partial charge in [0, 0.05) is 57.7 Å². The highest BCUT2D eigenvalue weighted by atomic mass is 35.5.